The van der Waals surface area contributed by atoms with Crippen LogP contribution in [-0.4, -0.2) is 70.7 Å². The first-order chi connectivity index (χ1) is 66.6. The number of rotatable bonds is 36. The van der Waals surface area contributed by atoms with Crippen LogP contribution in [0.25, 0.3) is 54.2 Å². The first-order valence-electron chi connectivity index (χ1n) is 48.2. The number of benzene rings is 18. The van der Waals surface area contributed by atoms with Gasteiger partial charge in [-0.25, -0.2) is 0 Å². The monoisotopic (exact) mass is 1970 g/mol. The van der Waals surface area contributed by atoms with Crippen LogP contribution in [0.15, 0.2) is 437 Å². The van der Waals surface area contributed by atoms with Crippen molar-refractivity contribution in [1.29, 1.82) is 0 Å². The van der Waals surface area contributed by atoms with Crippen LogP contribution < -0.4 is 49.8 Å². The van der Waals surface area contributed by atoms with Gasteiger partial charge in [-0.3, -0.25) is 0 Å². The first kappa shape index (κ1) is 105. The number of unbranched alkanes of at least 4 members (excludes halogenated alkanes) is 1. The van der Waals surface area contributed by atoms with E-state index in [1.807, 2.05) is 26.0 Å². The zero-order chi connectivity index (χ0) is 95.1. The Kier molecular flexibility index (Phi) is 35.4. The van der Waals surface area contributed by atoms with Crippen molar-refractivity contribution in [3.63, 3.8) is 0 Å². The van der Waals surface area contributed by atoms with Crippen molar-refractivity contribution in [2.24, 2.45) is 0 Å². The summed E-state index contributed by atoms with van der Waals surface area (Å²) in [5.41, 5.74) is 16.5. The quantitative estimate of drug-likeness (QED) is 0.0280. The van der Waals surface area contributed by atoms with E-state index in [0.717, 1.165) is 110 Å². The SMILES string of the molecule is C.C.C.C.CCCCC(Oc1ccc(N(c2ccc([Si](c3ccccc3)(c3ccccc3)c3ccc(N(c4ccccc4)c4cccc5ccccc45)cc3)cc2)c2cccc3ccccc23)cc1)[Si](C)(C[Si](=O)CC)O[Si](C)(C)C.CC[Si](=O)C[Si](C)(COc1ccc(N(c2ccc(-c3ccc(N(c4ccccc4)c4cccc5ccccc45)cc3)cc2)c2cccc3ccccc23)cc1)O[Si](C)(C)C. The number of para-hydroxylation sites is 2. The third kappa shape index (κ3) is 24.4. The Balaban J connectivity index is 0.000000237. The molecule has 17 heteroatoms. The molecule has 718 valence electrons. The maximum atomic E-state index is 13.4. The highest BCUT2D eigenvalue weighted by molar-refractivity contribution is 7.20. The Labute approximate surface area is 847 Å². The van der Waals surface area contributed by atoms with E-state index in [-0.39, 0.29) is 35.4 Å². The lowest BCUT2D eigenvalue weighted by Gasteiger charge is -2.40. The summed E-state index contributed by atoms with van der Waals surface area (Å²) >= 11 is 0. The molecule has 0 aliphatic heterocycles. The van der Waals surface area contributed by atoms with E-state index in [0.29, 0.717) is 29.7 Å². The fourth-order valence-electron chi connectivity index (χ4n) is 19.7. The summed E-state index contributed by atoms with van der Waals surface area (Å²) in [6.45, 7) is 24.1. The molecular formula is C124H138N4O6Si7. The number of anilines is 12. The maximum Gasteiger partial charge on any atom is 0.275 e. The Hall–Kier alpha value is -13.2. The van der Waals surface area contributed by atoms with E-state index >= 15 is 0 Å². The van der Waals surface area contributed by atoms with Gasteiger partial charge in [0, 0.05) is 78.4 Å². The van der Waals surface area contributed by atoms with Crippen LogP contribution in [0.1, 0.15) is 69.7 Å². The molecule has 0 aliphatic rings. The second-order valence-corrected chi connectivity index (χ2v) is 64.8. The van der Waals surface area contributed by atoms with E-state index in [2.05, 4.69) is 504 Å². The Bertz CT molecular complexity index is 7070. The molecule has 0 bridgehead atoms. The molecule has 141 heavy (non-hydrogen) atoms. The second kappa shape index (κ2) is 47.4. The van der Waals surface area contributed by atoms with Crippen molar-refractivity contribution in [3.05, 3.63) is 437 Å². The average Bonchev–Trinajstić information content (AvgIpc) is 0.723. The molecule has 0 radical (unpaired) electrons. The molecular weight excluding hydrogens is 1840 g/mol. The van der Waals surface area contributed by atoms with Crippen molar-refractivity contribution in [3.8, 4) is 22.6 Å². The van der Waals surface area contributed by atoms with Gasteiger partial charge < -0.3 is 46.2 Å². The molecule has 0 saturated carbocycles. The zero-order valence-electron chi connectivity index (χ0n) is 80.5. The molecule has 0 heterocycles. The van der Waals surface area contributed by atoms with Gasteiger partial charge in [0.15, 0.2) is 24.7 Å². The average molecular weight is 1980 g/mol. The zero-order valence-corrected chi connectivity index (χ0v) is 87.5. The van der Waals surface area contributed by atoms with Crippen LogP contribution in [0.3, 0.4) is 0 Å². The van der Waals surface area contributed by atoms with Crippen LogP contribution in [0.5, 0.6) is 11.5 Å². The standard InChI is InChI=1S/C68H70N2O3Si4.C52H52N2O3Si3.4CH4/c1-7-9-39-68(76(6,52-74(71)8-2)73-75(3,4)5)72-59-46-40-56(41-47-59)70(67-38-24-28-54-26-20-22-36-65(54)67)58-44-50-63(51-45-58)77(60-31-15-11-16-32-60,61-33-17-12-18-34-61)62-48-42-57(43-49-62)69(55-29-13-10-14-30-55)66-37-23-27-53-25-19-21-35-64(53)66;1-6-58(55)39-60(5,57-59(2,3)4)38-56-48-36-34-47(35-37-48)54(52-25-15-19-43-17-11-13-23-50(43)52)46-32-28-41(29-33-46)40-26-30-45(31-27-40)53(44-20-8-7-9-21-44)51-24-14-18-42-16-10-12-22-49(42)51;;;;/h10-38,40-51,68H,7-9,39,52H2,1-6H3;7-37H,6,38-39H2,1-5H3;4*1H4. The minimum Gasteiger partial charge on any atom is -0.494 e. The lowest BCUT2D eigenvalue weighted by molar-refractivity contribution is 0.233. The second-order valence-electron chi connectivity index (χ2n) is 38.0. The Morgan fingerprint density at radius 3 is 0.865 bits per heavy atom. The van der Waals surface area contributed by atoms with E-state index < -0.39 is 58.7 Å². The van der Waals surface area contributed by atoms with E-state index in [9.17, 15) is 8.92 Å². The predicted molar refractivity (Wildman–Crippen MR) is 623 cm³/mol. The number of fused-ring (bicyclic) bond motifs is 4. The van der Waals surface area contributed by atoms with Gasteiger partial charge in [0.2, 0.25) is 16.6 Å². The number of ether oxygens (including phenoxy) is 2. The van der Waals surface area contributed by atoms with E-state index in [1.54, 1.807) is 0 Å². The van der Waals surface area contributed by atoms with Crippen molar-refractivity contribution < 1.29 is 26.6 Å². The van der Waals surface area contributed by atoms with Crippen LogP contribution >= 0.6 is 0 Å². The lowest BCUT2D eigenvalue weighted by atomic mass is 10.0. The van der Waals surface area contributed by atoms with Crippen LogP contribution in [0.4, 0.5) is 68.2 Å². The lowest BCUT2D eigenvalue weighted by Crippen LogP contribution is -2.74. The summed E-state index contributed by atoms with van der Waals surface area (Å²) in [5.74, 6) is 1.60. The molecule has 0 aromatic heterocycles. The van der Waals surface area contributed by atoms with Gasteiger partial charge in [-0.05, 0) is 270 Å². The fraction of sp³-hybridized carbons (Fsp3) is 0.194. The highest BCUT2D eigenvalue weighted by Crippen LogP contribution is 2.46. The fourth-order valence-corrected chi connectivity index (χ4v) is 50.0. The largest absolute Gasteiger partial charge is 0.494 e. The normalized spacial score (nSPS) is 12.4. The van der Waals surface area contributed by atoms with Crippen molar-refractivity contribution in [1.82, 2.24) is 0 Å². The van der Waals surface area contributed by atoms with Crippen molar-refractivity contribution in [2.45, 2.75) is 151 Å². The summed E-state index contributed by atoms with van der Waals surface area (Å²) in [6, 6.07) is 159. The summed E-state index contributed by atoms with van der Waals surface area (Å²) in [4.78, 5) is 9.44. The minimum atomic E-state index is -2.97. The molecule has 0 aliphatic carbocycles. The first-order valence-corrected chi connectivity index (χ1v) is 66.2. The van der Waals surface area contributed by atoms with Crippen LogP contribution in [0.2, 0.25) is 75.8 Å². The van der Waals surface area contributed by atoms with Crippen molar-refractivity contribution >= 4 is 191 Å². The van der Waals surface area contributed by atoms with Gasteiger partial charge in [0.1, 0.15) is 23.5 Å². The van der Waals surface area contributed by atoms with Crippen molar-refractivity contribution in [2.75, 3.05) is 25.8 Å². The molecule has 0 saturated heterocycles. The topological polar surface area (TPSA) is 84.0 Å². The number of hydrogen-bond acceptors (Lipinski definition) is 10. The molecule has 0 spiro atoms. The third-order valence-electron chi connectivity index (χ3n) is 25.7. The van der Waals surface area contributed by atoms with Crippen LogP contribution in [-0.2, 0) is 17.2 Å². The minimum absolute atomic E-state index is 0. The summed E-state index contributed by atoms with van der Waals surface area (Å²) in [6.07, 6.45) is 3.46. The molecule has 18 rings (SSSR count). The highest BCUT2D eigenvalue weighted by Gasteiger charge is 2.46. The predicted octanol–water partition coefficient (Wildman–Crippen LogP) is 33.7. The van der Waals surface area contributed by atoms with E-state index in [4.69, 9.17) is 17.7 Å². The number of hydrogen-bond donors (Lipinski definition) is 0. The van der Waals surface area contributed by atoms with E-state index in [1.165, 1.54) is 63.8 Å². The molecule has 18 aromatic rings. The summed E-state index contributed by atoms with van der Waals surface area (Å²) in [7, 11) is -15.2. The molecule has 10 nitrogen and oxygen atoms in total. The Morgan fingerprint density at radius 2 is 0.546 bits per heavy atom. The van der Waals surface area contributed by atoms with Gasteiger partial charge in [-0.1, -0.05) is 355 Å². The maximum absolute atomic E-state index is 13.4. The molecule has 18 aromatic carbocycles. The van der Waals surface area contributed by atoms with Gasteiger partial charge in [0.05, 0.1) is 22.7 Å². The van der Waals surface area contributed by atoms with Gasteiger partial charge in [-0.2, -0.15) is 0 Å². The van der Waals surface area contributed by atoms with Gasteiger partial charge in [0.25, 0.3) is 17.4 Å². The molecule has 0 N–H and O–H groups in total. The van der Waals surface area contributed by atoms with Crippen LogP contribution in [0, 0.1) is 0 Å². The summed E-state index contributed by atoms with van der Waals surface area (Å²) < 4.78 is 53.5. The highest BCUT2D eigenvalue weighted by atomic mass is 28.4. The smallest absolute Gasteiger partial charge is 0.275 e. The molecule has 0 fully saturated rings. The molecule has 3 atom stereocenters. The van der Waals surface area contributed by atoms with Gasteiger partial charge >= 0.3 is 0 Å². The van der Waals surface area contributed by atoms with Gasteiger partial charge in [-0.15, -0.1) is 0 Å². The summed E-state index contributed by atoms with van der Waals surface area (Å²) in [5, 5.41) is 14.8. The molecule has 0 amide bonds. The molecule has 3 unspecified atom stereocenters. The Morgan fingerprint density at radius 1 is 0.277 bits per heavy atom. The number of nitrogens with zero attached hydrogens (tertiary/aromatic N) is 4. The third-order valence-corrected chi connectivity index (χ3v) is 52.3.